The van der Waals surface area contributed by atoms with E-state index in [-0.39, 0.29) is 22.1 Å². The second-order valence-electron chi connectivity index (χ2n) is 5.46. The number of carbonyl (C=O) groups is 1. The summed E-state index contributed by atoms with van der Waals surface area (Å²) in [6, 6.07) is 6.48. The molecule has 5 nitrogen and oxygen atoms in total. The van der Waals surface area contributed by atoms with Gasteiger partial charge in [-0.1, -0.05) is 19.1 Å². The number of carbonyl (C=O) groups excluding carboxylic acids is 1. The van der Waals surface area contributed by atoms with Crippen molar-refractivity contribution < 1.29 is 13.2 Å². The normalized spacial score (nSPS) is 19.0. The number of benzene rings is 1. The van der Waals surface area contributed by atoms with Gasteiger partial charge in [0.25, 0.3) is 5.91 Å². The summed E-state index contributed by atoms with van der Waals surface area (Å²) in [5, 5.41) is 0. The zero-order valence-corrected chi connectivity index (χ0v) is 13.1. The lowest BCUT2D eigenvalue weighted by Crippen LogP contribution is -2.31. The molecule has 1 heterocycles. The lowest BCUT2D eigenvalue weighted by atomic mass is 10.1. The maximum atomic E-state index is 12.6. The fourth-order valence-electron chi connectivity index (χ4n) is 2.67. The van der Waals surface area contributed by atoms with E-state index >= 15 is 0 Å². The molecule has 116 valence electrons. The van der Waals surface area contributed by atoms with Crippen LogP contribution in [0.15, 0.2) is 29.2 Å². The van der Waals surface area contributed by atoms with Crippen molar-refractivity contribution in [2.75, 3.05) is 25.4 Å². The highest BCUT2D eigenvalue weighted by Gasteiger charge is 2.29. The van der Waals surface area contributed by atoms with Crippen LogP contribution in [0.25, 0.3) is 0 Å². The van der Waals surface area contributed by atoms with Gasteiger partial charge in [0.15, 0.2) is 9.84 Å². The van der Waals surface area contributed by atoms with Crippen LogP contribution in [0, 0.1) is 5.92 Å². The number of nitrogens with two attached hydrogens (primary N) is 1. The summed E-state index contributed by atoms with van der Waals surface area (Å²) in [6.45, 7) is 3.62. The van der Waals surface area contributed by atoms with Gasteiger partial charge in [0.05, 0.1) is 16.2 Å². The number of nitrogens with zero attached hydrogens (tertiary/aromatic N) is 1. The molecule has 1 aromatic carbocycles. The molecule has 2 rings (SSSR count). The second kappa shape index (κ2) is 6.58. The van der Waals surface area contributed by atoms with Gasteiger partial charge in [0.1, 0.15) is 0 Å². The lowest BCUT2D eigenvalue weighted by Gasteiger charge is -2.18. The van der Waals surface area contributed by atoms with Crippen molar-refractivity contribution in [1.82, 2.24) is 4.90 Å². The first-order chi connectivity index (χ1) is 9.99. The molecule has 1 amide bonds. The highest BCUT2D eigenvalue weighted by atomic mass is 32.2. The zero-order valence-electron chi connectivity index (χ0n) is 12.3. The fraction of sp³-hybridized carbons (Fsp3) is 0.533. The Kier molecular flexibility index (Phi) is 5.00. The van der Waals surface area contributed by atoms with E-state index in [1.165, 1.54) is 6.07 Å². The Morgan fingerprint density at radius 1 is 1.38 bits per heavy atom. The third-order valence-corrected chi connectivity index (χ3v) is 5.80. The molecule has 1 atom stereocenters. The van der Waals surface area contributed by atoms with Crippen LogP contribution in [0.3, 0.4) is 0 Å². The van der Waals surface area contributed by atoms with Gasteiger partial charge >= 0.3 is 0 Å². The number of rotatable bonds is 5. The Hall–Kier alpha value is -1.40. The van der Waals surface area contributed by atoms with E-state index in [2.05, 4.69) is 0 Å². The van der Waals surface area contributed by atoms with Gasteiger partial charge in [0.2, 0.25) is 0 Å². The molecule has 6 heteroatoms. The molecule has 0 bridgehead atoms. The number of amides is 1. The summed E-state index contributed by atoms with van der Waals surface area (Å²) in [5.74, 6) is 0.164. The molecule has 1 saturated heterocycles. The summed E-state index contributed by atoms with van der Waals surface area (Å²) < 4.78 is 24.6. The summed E-state index contributed by atoms with van der Waals surface area (Å²) >= 11 is 0. The van der Waals surface area contributed by atoms with Crippen LogP contribution in [0.5, 0.6) is 0 Å². The van der Waals surface area contributed by atoms with E-state index < -0.39 is 9.84 Å². The minimum absolute atomic E-state index is 0.0583. The van der Waals surface area contributed by atoms with Crippen LogP contribution >= 0.6 is 0 Å². The van der Waals surface area contributed by atoms with Crippen LogP contribution in [0.1, 0.15) is 30.1 Å². The Balaban J connectivity index is 2.30. The molecule has 0 spiro atoms. The number of sulfone groups is 1. The van der Waals surface area contributed by atoms with Gasteiger partial charge in [0, 0.05) is 13.1 Å². The van der Waals surface area contributed by atoms with Gasteiger partial charge in [-0.25, -0.2) is 8.42 Å². The van der Waals surface area contributed by atoms with Gasteiger partial charge in [-0.2, -0.15) is 0 Å². The van der Waals surface area contributed by atoms with Crippen molar-refractivity contribution >= 4 is 15.7 Å². The topological polar surface area (TPSA) is 80.5 Å². The molecule has 21 heavy (non-hydrogen) atoms. The molecular weight excluding hydrogens is 288 g/mol. The van der Waals surface area contributed by atoms with E-state index in [0.29, 0.717) is 32.0 Å². The van der Waals surface area contributed by atoms with Gasteiger partial charge in [-0.05, 0) is 37.4 Å². The Bertz CT molecular complexity index is 613. The van der Waals surface area contributed by atoms with Gasteiger partial charge in [-0.3, -0.25) is 4.79 Å². The lowest BCUT2D eigenvalue weighted by molar-refractivity contribution is 0.0784. The minimum atomic E-state index is -3.41. The second-order valence-corrected chi connectivity index (χ2v) is 7.53. The molecule has 0 saturated carbocycles. The Labute approximate surface area is 126 Å². The van der Waals surface area contributed by atoms with Crippen LogP contribution in [0.4, 0.5) is 0 Å². The largest absolute Gasteiger partial charge is 0.338 e. The van der Waals surface area contributed by atoms with Crippen LogP contribution in [-0.2, 0) is 9.84 Å². The molecule has 2 N–H and O–H groups in total. The van der Waals surface area contributed by atoms with Gasteiger partial charge in [-0.15, -0.1) is 0 Å². The first kappa shape index (κ1) is 16.0. The maximum absolute atomic E-state index is 12.6. The Morgan fingerprint density at radius 2 is 2.10 bits per heavy atom. The van der Waals surface area contributed by atoms with Crippen molar-refractivity contribution in [1.29, 1.82) is 0 Å². The van der Waals surface area contributed by atoms with E-state index in [9.17, 15) is 13.2 Å². The van der Waals surface area contributed by atoms with Crippen molar-refractivity contribution in [2.45, 2.75) is 24.7 Å². The van der Waals surface area contributed by atoms with Crippen molar-refractivity contribution in [3.8, 4) is 0 Å². The maximum Gasteiger partial charge on any atom is 0.255 e. The van der Waals surface area contributed by atoms with Crippen molar-refractivity contribution in [3.63, 3.8) is 0 Å². The van der Waals surface area contributed by atoms with E-state index in [4.69, 9.17) is 5.73 Å². The average Bonchev–Trinajstić information content (AvgIpc) is 2.95. The average molecular weight is 310 g/mol. The predicted octanol–water partition coefficient (Wildman–Crippen LogP) is 1.29. The molecule has 1 aliphatic rings. The Morgan fingerprint density at radius 3 is 2.71 bits per heavy atom. The smallest absolute Gasteiger partial charge is 0.255 e. The molecule has 0 aromatic heterocycles. The van der Waals surface area contributed by atoms with Crippen LogP contribution < -0.4 is 5.73 Å². The molecule has 1 aromatic rings. The third kappa shape index (κ3) is 3.44. The van der Waals surface area contributed by atoms with E-state index in [1.807, 2.05) is 6.92 Å². The molecule has 0 radical (unpaired) electrons. The SMILES string of the molecule is CCCS(=O)(=O)c1ccccc1C(=O)N1CCC(CN)C1. The number of likely N-dealkylation sites (tertiary alicyclic amines) is 1. The summed E-state index contributed by atoms with van der Waals surface area (Å²) in [7, 11) is -3.41. The fourth-order valence-corrected chi connectivity index (χ4v) is 4.21. The highest BCUT2D eigenvalue weighted by Crippen LogP contribution is 2.23. The van der Waals surface area contributed by atoms with Crippen molar-refractivity contribution in [3.05, 3.63) is 29.8 Å². The molecular formula is C15H22N2O3S. The molecule has 1 aliphatic heterocycles. The summed E-state index contributed by atoms with van der Waals surface area (Å²) in [5.41, 5.74) is 5.92. The number of hydrogen-bond donors (Lipinski definition) is 1. The summed E-state index contributed by atoms with van der Waals surface area (Å²) in [4.78, 5) is 14.5. The van der Waals surface area contributed by atoms with E-state index in [0.717, 1.165) is 6.42 Å². The zero-order chi connectivity index (χ0) is 15.5. The molecule has 1 unspecified atom stereocenters. The minimum Gasteiger partial charge on any atom is -0.338 e. The van der Waals surface area contributed by atoms with Gasteiger partial charge < -0.3 is 10.6 Å². The standard InChI is InChI=1S/C15H22N2O3S/c1-2-9-21(19,20)14-6-4-3-5-13(14)15(18)17-8-7-12(10-16)11-17/h3-6,12H,2,7-11,16H2,1H3. The van der Waals surface area contributed by atoms with E-state index in [1.54, 1.807) is 23.1 Å². The van der Waals surface area contributed by atoms with Crippen LogP contribution in [0.2, 0.25) is 0 Å². The highest BCUT2D eigenvalue weighted by molar-refractivity contribution is 7.91. The summed E-state index contributed by atoms with van der Waals surface area (Å²) in [6.07, 6.45) is 1.41. The molecule has 1 fully saturated rings. The predicted molar refractivity (Wildman–Crippen MR) is 81.9 cm³/mol. The monoisotopic (exact) mass is 310 g/mol. The first-order valence-corrected chi connectivity index (χ1v) is 8.96. The quantitative estimate of drug-likeness (QED) is 0.888. The molecule has 0 aliphatic carbocycles. The third-order valence-electron chi connectivity index (χ3n) is 3.83. The number of hydrogen-bond acceptors (Lipinski definition) is 4. The van der Waals surface area contributed by atoms with Crippen LogP contribution in [-0.4, -0.2) is 44.6 Å². The first-order valence-electron chi connectivity index (χ1n) is 7.30. The van der Waals surface area contributed by atoms with Crippen molar-refractivity contribution in [2.24, 2.45) is 11.7 Å².